The Hall–Kier alpha value is -1.06. The average molecular weight is 217 g/mol. The summed E-state index contributed by atoms with van der Waals surface area (Å²) in [7, 11) is 0. The van der Waals surface area contributed by atoms with E-state index < -0.39 is 11.9 Å². The standard InChI is InChI=1S/C8H2Cl2O3/c9-3-1-4-6(10)5(2-3)8(12)13-7(4)11/h1-2H. The van der Waals surface area contributed by atoms with Gasteiger partial charge in [0.15, 0.2) is 0 Å². The van der Waals surface area contributed by atoms with E-state index in [1.807, 2.05) is 0 Å². The molecule has 3 nitrogen and oxygen atoms in total. The van der Waals surface area contributed by atoms with E-state index in [4.69, 9.17) is 23.2 Å². The van der Waals surface area contributed by atoms with Gasteiger partial charge in [-0.3, -0.25) is 0 Å². The van der Waals surface area contributed by atoms with E-state index in [0.717, 1.165) is 0 Å². The molecule has 13 heavy (non-hydrogen) atoms. The number of rotatable bonds is 0. The van der Waals surface area contributed by atoms with Crippen molar-refractivity contribution < 1.29 is 14.3 Å². The Morgan fingerprint density at radius 1 is 1.00 bits per heavy atom. The van der Waals surface area contributed by atoms with Gasteiger partial charge in [-0.25, -0.2) is 9.59 Å². The zero-order valence-electron chi connectivity index (χ0n) is 6.14. The molecule has 5 heteroatoms. The third-order valence-electron chi connectivity index (χ3n) is 1.66. The van der Waals surface area contributed by atoms with Gasteiger partial charge >= 0.3 is 11.9 Å². The van der Waals surface area contributed by atoms with Crippen LogP contribution in [0.4, 0.5) is 0 Å². The molecule has 0 saturated carbocycles. The first-order chi connectivity index (χ1) is 6.09. The molecule has 0 N–H and O–H groups in total. The third kappa shape index (κ3) is 1.20. The highest BCUT2D eigenvalue weighted by Crippen LogP contribution is 2.30. The van der Waals surface area contributed by atoms with Crippen molar-refractivity contribution in [3.05, 3.63) is 33.3 Å². The summed E-state index contributed by atoms with van der Waals surface area (Å²) < 4.78 is 4.38. The average Bonchev–Trinajstić information content (AvgIpc) is 2.05. The number of carbonyl (C=O) groups is 2. The van der Waals surface area contributed by atoms with Gasteiger partial charge in [0.25, 0.3) is 0 Å². The topological polar surface area (TPSA) is 43.4 Å². The number of hydrogen-bond donors (Lipinski definition) is 0. The highest BCUT2D eigenvalue weighted by atomic mass is 35.5. The van der Waals surface area contributed by atoms with Crippen LogP contribution < -0.4 is 0 Å². The van der Waals surface area contributed by atoms with Gasteiger partial charge in [-0.15, -0.1) is 0 Å². The molecule has 0 radical (unpaired) electrons. The number of carbonyl (C=O) groups excluding carboxylic acids is 2. The number of ether oxygens (including phenoxy) is 1. The van der Waals surface area contributed by atoms with Crippen LogP contribution in [0.3, 0.4) is 0 Å². The fourth-order valence-corrected chi connectivity index (χ4v) is 1.56. The highest BCUT2D eigenvalue weighted by Gasteiger charge is 2.28. The van der Waals surface area contributed by atoms with Crippen molar-refractivity contribution >= 4 is 35.1 Å². The molecule has 2 bridgehead atoms. The van der Waals surface area contributed by atoms with Crippen molar-refractivity contribution in [2.24, 2.45) is 0 Å². The zero-order chi connectivity index (χ0) is 9.59. The molecule has 0 unspecified atom stereocenters. The van der Waals surface area contributed by atoms with Crippen molar-refractivity contribution in [2.75, 3.05) is 0 Å². The summed E-state index contributed by atoms with van der Waals surface area (Å²) in [6.45, 7) is 0. The maximum Gasteiger partial charge on any atom is 0.347 e. The number of cyclic esters (lactones) is 2. The largest absolute Gasteiger partial charge is 0.386 e. The van der Waals surface area contributed by atoms with Crippen LogP contribution in [0.25, 0.3) is 0 Å². The Morgan fingerprint density at radius 3 is 1.92 bits per heavy atom. The van der Waals surface area contributed by atoms with Crippen LogP contribution in [0, 0.1) is 0 Å². The highest BCUT2D eigenvalue weighted by molar-refractivity contribution is 6.39. The lowest BCUT2D eigenvalue weighted by atomic mass is 10.1. The molecule has 1 aromatic carbocycles. The van der Waals surface area contributed by atoms with Gasteiger partial charge in [0.05, 0.1) is 16.1 Å². The van der Waals surface area contributed by atoms with Crippen LogP contribution in [-0.2, 0) is 4.74 Å². The molecule has 2 rings (SSSR count). The second-order valence-corrected chi connectivity index (χ2v) is 3.31. The maximum absolute atomic E-state index is 11.1. The van der Waals surface area contributed by atoms with Crippen LogP contribution >= 0.6 is 23.2 Å². The SMILES string of the molecule is O=C1OC(=O)c2cc(Cl)cc1c2Cl. The lowest BCUT2D eigenvalue weighted by Crippen LogP contribution is -2.20. The number of benzene rings is 1. The van der Waals surface area contributed by atoms with Gasteiger partial charge in [-0.2, -0.15) is 0 Å². The monoisotopic (exact) mass is 216 g/mol. The molecule has 0 saturated heterocycles. The fourth-order valence-electron chi connectivity index (χ4n) is 1.08. The molecule has 1 aliphatic rings. The predicted octanol–water partition coefficient (Wildman–Crippen LogP) is 2.30. The van der Waals surface area contributed by atoms with Crippen molar-refractivity contribution in [3.8, 4) is 0 Å². The lowest BCUT2D eigenvalue weighted by Gasteiger charge is -2.13. The minimum absolute atomic E-state index is 0.102. The molecule has 66 valence electrons. The summed E-state index contributed by atoms with van der Waals surface area (Å²) >= 11 is 11.4. The van der Waals surface area contributed by atoms with E-state index >= 15 is 0 Å². The van der Waals surface area contributed by atoms with Crippen LogP contribution in [0.15, 0.2) is 12.1 Å². The molecular weight excluding hydrogens is 215 g/mol. The molecule has 0 atom stereocenters. The van der Waals surface area contributed by atoms with Crippen LogP contribution in [0.2, 0.25) is 10.0 Å². The number of esters is 2. The van der Waals surface area contributed by atoms with Crippen molar-refractivity contribution in [1.82, 2.24) is 0 Å². The van der Waals surface area contributed by atoms with E-state index in [0.29, 0.717) is 5.02 Å². The Balaban J connectivity index is 2.79. The molecular formula is C8H2Cl2O3. The summed E-state index contributed by atoms with van der Waals surface area (Å²) in [6.07, 6.45) is 0. The molecule has 1 heterocycles. The molecule has 0 fully saturated rings. The number of hydrogen-bond acceptors (Lipinski definition) is 3. The Kier molecular flexibility index (Phi) is 1.78. The van der Waals surface area contributed by atoms with Gasteiger partial charge in [0.1, 0.15) is 0 Å². The predicted molar refractivity (Wildman–Crippen MR) is 46.2 cm³/mol. The summed E-state index contributed by atoms with van der Waals surface area (Å²) in [5.74, 6) is -1.52. The van der Waals surface area contributed by atoms with E-state index in [9.17, 15) is 9.59 Å². The van der Waals surface area contributed by atoms with Crippen LogP contribution in [-0.4, -0.2) is 11.9 Å². The summed E-state index contributed by atoms with van der Waals surface area (Å²) in [6, 6.07) is 2.73. The smallest absolute Gasteiger partial charge is 0.347 e. The fraction of sp³-hybridized carbons (Fsp3) is 0. The van der Waals surface area contributed by atoms with Crippen molar-refractivity contribution in [3.63, 3.8) is 0 Å². The second kappa shape index (κ2) is 2.72. The van der Waals surface area contributed by atoms with Crippen molar-refractivity contribution in [2.45, 2.75) is 0 Å². The summed E-state index contributed by atoms with van der Waals surface area (Å²) in [5, 5.41) is 0.394. The van der Waals surface area contributed by atoms with E-state index in [2.05, 4.69) is 4.74 Å². The van der Waals surface area contributed by atoms with Crippen LogP contribution in [0.5, 0.6) is 0 Å². The third-order valence-corrected chi connectivity index (χ3v) is 2.29. The quantitative estimate of drug-likeness (QED) is 0.494. The Bertz CT molecular complexity index is 390. The Morgan fingerprint density at radius 2 is 1.46 bits per heavy atom. The van der Waals surface area contributed by atoms with Gasteiger partial charge in [0.2, 0.25) is 0 Å². The lowest BCUT2D eigenvalue weighted by molar-refractivity contribution is 0.0385. The van der Waals surface area contributed by atoms with Crippen LogP contribution in [0.1, 0.15) is 20.7 Å². The van der Waals surface area contributed by atoms with Gasteiger partial charge in [-0.05, 0) is 12.1 Å². The number of halogens is 2. The van der Waals surface area contributed by atoms with Gasteiger partial charge < -0.3 is 4.74 Å². The summed E-state index contributed by atoms with van der Waals surface area (Å²) in [4.78, 5) is 22.1. The molecule has 0 amide bonds. The normalized spacial score (nSPS) is 14.3. The first-order valence-electron chi connectivity index (χ1n) is 3.35. The molecule has 0 spiro atoms. The minimum atomic E-state index is -0.759. The maximum atomic E-state index is 11.1. The molecule has 1 aliphatic heterocycles. The van der Waals surface area contributed by atoms with Gasteiger partial charge in [0, 0.05) is 5.02 Å². The summed E-state index contributed by atoms with van der Waals surface area (Å²) in [5.41, 5.74) is 0.257. The van der Waals surface area contributed by atoms with Gasteiger partial charge in [-0.1, -0.05) is 23.2 Å². The molecule has 0 aromatic heterocycles. The number of fused-ring (bicyclic) bond motifs is 2. The van der Waals surface area contributed by atoms with E-state index in [-0.39, 0.29) is 16.1 Å². The minimum Gasteiger partial charge on any atom is -0.386 e. The molecule has 0 aliphatic carbocycles. The Labute approximate surface area is 83.2 Å². The first kappa shape index (κ1) is 8.53. The van der Waals surface area contributed by atoms with E-state index in [1.54, 1.807) is 0 Å². The zero-order valence-corrected chi connectivity index (χ0v) is 7.65. The first-order valence-corrected chi connectivity index (χ1v) is 4.11. The van der Waals surface area contributed by atoms with Crippen molar-refractivity contribution in [1.29, 1.82) is 0 Å². The molecule has 1 aromatic rings. The van der Waals surface area contributed by atoms with E-state index in [1.165, 1.54) is 12.1 Å². The second-order valence-electron chi connectivity index (χ2n) is 2.49.